The fourth-order valence-electron chi connectivity index (χ4n) is 3.26. The summed E-state index contributed by atoms with van der Waals surface area (Å²) in [7, 11) is 8.87. The summed E-state index contributed by atoms with van der Waals surface area (Å²) in [5.41, 5.74) is 1.67. The molecular formula is C23H33NO4. The molecular weight excluding hydrogens is 354 g/mol. The van der Waals surface area contributed by atoms with E-state index in [9.17, 15) is 0 Å². The van der Waals surface area contributed by atoms with E-state index in [1.807, 2.05) is 51.4 Å². The Morgan fingerprint density at radius 1 is 1.14 bits per heavy atom. The van der Waals surface area contributed by atoms with Crippen molar-refractivity contribution in [1.29, 1.82) is 0 Å². The monoisotopic (exact) mass is 387 g/mol. The van der Waals surface area contributed by atoms with Gasteiger partial charge in [-0.25, -0.2) is 0 Å². The Hall–Kier alpha value is -2.42. The molecule has 0 aliphatic rings. The molecule has 5 heteroatoms. The minimum atomic E-state index is -0.320. The summed E-state index contributed by atoms with van der Waals surface area (Å²) < 4.78 is 22.4. The Morgan fingerprint density at radius 3 is 2.14 bits per heavy atom. The second-order valence-corrected chi connectivity index (χ2v) is 6.57. The first kappa shape index (κ1) is 23.6. The molecule has 28 heavy (non-hydrogen) atoms. The largest absolute Gasteiger partial charge is 0.493 e. The van der Waals surface area contributed by atoms with Crippen LogP contribution in [0.15, 0.2) is 35.9 Å². The fourth-order valence-corrected chi connectivity index (χ4v) is 3.26. The van der Waals surface area contributed by atoms with Gasteiger partial charge in [0.1, 0.15) is 0 Å². The molecule has 1 aromatic carbocycles. The number of ether oxygens (including phenoxy) is 4. The molecule has 0 aliphatic carbocycles. The highest BCUT2D eigenvalue weighted by molar-refractivity contribution is 5.53. The van der Waals surface area contributed by atoms with Gasteiger partial charge in [-0.3, -0.25) is 4.90 Å². The number of hydrogen-bond donors (Lipinski definition) is 0. The van der Waals surface area contributed by atoms with Crippen molar-refractivity contribution in [3.05, 3.63) is 41.5 Å². The molecule has 0 aromatic heterocycles. The molecule has 0 heterocycles. The SMILES string of the molecule is C#C/C=C(\C=C/C)[C@](CC)(COCc1cc(OC)c(OC)c(OC)c1)N(C)C. The highest BCUT2D eigenvalue weighted by Gasteiger charge is 2.34. The Morgan fingerprint density at radius 2 is 1.75 bits per heavy atom. The maximum Gasteiger partial charge on any atom is 0.203 e. The van der Waals surface area contributed by atoms with Crippen molar-refractivity contribution in [2.24, 2.45) is 0 Å². The zero-order chi connectivity index (χ0) is 21.2. The normalized spacial score (nSPS) is 14.0. The number of benzene rings is 1. The summed E-state index contributed by atoms with van der Waals surface area (Å²) >= 11 is 0. The van der Waals surface area contributed by atoms with Crippen molar-refractivity contribution in [3.8, 4) is 29.6 Å². The van der Waals surface area contributed by atoms with Gasteiger partial charge in [-0.1, -0.05) is 25.0 Å². The van der Waals surface area contributed by atoms with Crippen molar-refractivity contribution < 1.29 is 18.9 Å². The Kier molecular flexibility index (Phi) is 9.64. The van der Waals surface area contributed by atoms with Crippen molar-refractivity contribution in [3.63, 3.8) is 0 Å². The van der Waals surface area contributed by atoms with Crippen LogP contribution in [0.1, 0.15) is 25.8 Å². The lowest BCUT2D eigenvalue weighted by atomic mass is 9.85. The smallest absolute Gasteiger partial charge is 0.203 e. The molecule has 0 bridgehead atoms. The standard InChI is InChI=1S/C23H33NO4/c1-9-12-19(13-10-2)23(11-3,24(4)5)17-28-16-18-14-20(25-6)22(27-8)21(15-18)26-7/h1,10,12-15H,11,16-17H2,2-8H3/b13-10-,19-12+/t23-/m0/s1. The van der Waals surface area contributed by atoms with Crippen LogP contribution in [0, 0.1) is 12.3 Å². The number of terminal acetylenes is 1. The predicted molar refractivity (Wildman–Crippen MR) is 114 cm³/mol. The zero-order valence-electron chi connectivity index (χ0n) is 18.2. The Bertz CT molecular complexity index is 706. The molecule has 0 spiro atoms. The summed E-state index contributed by atoms with van der Waals surface area (Å²) in [6, 6.07) is 3.80. The van der Waals surface area contributed by atoms with Crippen LogP contribution in [-0.2, 0) is 11.3 Å². The van der Waals surface area contributed by atoms with E-state index in [2.05, 4.69) is 17.7 Å². The summed E-state index contributed by atoms with van der Waals surface area (Å²) in [4.78, 5) is 2.16. The van der Waals surface area contributed by atoms with Crippen LogP contribution in [-0.4, -0.2) is 52.5 Å². The third kappa shape index (κ3) is 5.31. The van der Waals surface area contributed by atoms with Gasteiger partial charge in [0.2, 0.25) is 5.75 Å². The average Bonchev–Trinajstić information content (AvgIpc) is 2.70. The maximum absolute atomic E-state index is 6.15. The van der Waals surface area contributed by atoms with Gasteiger partial charge in [0.15, 0.2) is 11.5 Å². The van der Waals surface area contributed by atoms with Gasteiger partial charge in [0.05, 0.1) is 40.1 Å². The number of hydrogen-bond acceptors (Lipinski definition) is 5. The van der Waals surface area contributed by atoms with E-state index in [1.165, 1.54) is 0 Å². The van der Waals surface area contributed by atoms with Gasteiger partial charge < -0.3 is 18.9 Å². The van der Waals surface area contributed by atoms with Crippen molar-refractivity contribution in [2.45, 2.75) is 32.4 Å². The molecule has 0 saturated carbocycles. The summed E-state index contributed by atoms with van der Waals surface area (Å²) in [5, 5.41) is 0. The fraction of sp³-hybridized carbons (Fsp3) is 0.478. The molecule has 5 nitrogen and oxygen atoms in total. The van der Waals surface area contributed by atoms with E-state index in [1.54, 1.807) is 21.3 Å². The molecule has 0 fully saturated rings. The number of methoxy groups -OCH3 is 3. The lowest BCUT2D eigenvalue weighted by Gasteiger charge is -2.40. The molecule has 1 rings (SSSR count). The van der Waals surface area contributed by atoms with Crippen LogP contribution in [0.2, 0.25) is 0 Å². The van der Waals surface area contributed by atoms with Crippen LogP contribution in [0.3, 0.4) is 0 Å². The molecule has 154 valence electrons. The van der Waals surface area contributed by atoms with Gasteiger partial charge in [-0.2, -0.15) is 0 Å². The lowest BCUT2D eigenvalue weighted by molar-refractivity contribution is 0.0267. The molecule has 1 aromatic rings. The molecule has 0 N–H and O–H groups in total. The van der Waals surface area contributed by atoms with Crippen LogP contribution in [0.4, 0.5) is 0 Å². The molecule has 1 atom stereocenters. The zero-order valence-corrected chi connectivity index (χ0v) is 18.2. The number of rotatable bonds is 11. The van der Waals surface area contributed by atoms with Gasteiger partial charge in [-0.15, -0.1) is 6.42 Å². The maximum atomic E-state index is 6.15. The highest BCUT2D eigenvalue weighted by Crippen LogP contribution is 2.38. The van der Waals surface area contributed by atoms with E-state index in [0.717, 1.165) is 17.6 Å². The topological polar surface area (TPSA) is 40.2 Å². The summed E-state index contributed by atoms with van der Waals surface area (Å²) in [6.45, 7) is 5.02. The van der Waals surface area contributed by atoms with Crippen LogP contribution in [0.25, 0.3) is 0 Å². The molecule has 0 amide bonds. The van der Waals surface area contributed by atoms with E-state index in [0.29, 0.717) is 30.5 Å². The van der Waals surface area contributed by atoms with Gasteiger partial charge in [0.25, 0.3) is 0 Å². The average molecular weight is 388 g/mol. The van der Waals surface area contributed by atoms with Crippen LogP contribution < -0.4 is 14.2 Å². The van der Waals surface area contributed by atoms with Crippen molar-refractivity contribution in [2.75, 3.05) is 42.0 Å². The third-order valence-corrected chi connectivity index (χ3v) is 4.90. The number of nitrogens with zero attached hydrogens (tertiary/aromatic N) is 1. The van der Waals surface area contributed by atoms with Crippen molar-refractivity contribution >= 4 is 0 Å². The van der Waals surface area contributed by atoms with E-state index in [4.69, 9.17) is 25.4 Å². The van der Waals surface area contributed by atoms with Gasteiger partial charge in [-0.05, 0) is 56.8 Å². The van der Waals surface area contributed by atoms with E-state index >= 15 is 0 Å². The number of allylic oxidation sites excluding steroid dienone is 2. The highest BCUT2D eigenvalue weighted by atomic mass is 16.5. The first-order valence-electron chi connectivity index (χ1n) is 9.27. The third-order valence-electron chi connectivity index (χ3n) is 4.90. The Balaban J connectivity index is 3.11. The first-order chi connectivity index (χ1) is 13.4. The lowest BCUT2D eigenvalue weighted by Crippen LogP contribution is -2.49. The minimum Gasteiger partial charge on any atom is -0.493 e. The Labute approximate surface area is 169 Å². The molecule has 0 aliphatic heterocycles. The predicted octanol–water partition coefficient (Wildman–Crippen LogP) is 4.08. The van der Waals surface area contributed by atoms with Crippen LogP contribution in [0.5, 0.6) is 17.2 Å². The van der Waals surface area contributed by atoms with E-state index in [-0.39, 0.29) is 5.54 Å². The second-order valence-electron chi connectivity index (χ2n) is 6.57. The van der Waals surface area contributed by atoms with Gasteiger partial charge in [0, 0.05) is 0 Å². The first-order valence-corrected chi connectivity index (χ1v) is 9.27. The molecule has 0 radical (unpaired) electrons. The molecule has 0 saturated heterocycles. The number of likely N-dealkylation sites (N-methyl/N-ethyl adjacent to an activating group) is 1. The second kappa shape index (κ2) is 11.4. The quantitative estimate of drug-likeness (QED) is 0.423. The minimum absolute atomic E-state index is 0.320. The van der Waals surface area contributed by atoms with E-state index < -0.39 is 0 Å². The van der Waals surface area contributed by atoms with Crippen LogP contribution >= 0.6 is 0 Å². The summed E-state index contributed by atoms with van der Waals surface area (Å²) in [5.74, 6) is 4.44. The van der Waals surface area contributed by atoms with Gasteiger partial charge >= 0.3 is 0 Å². The molecule has 0 unspecified atom stereocenters. The summed E-state index contributed by atoms with van der Waals surface area (Å²) in [6.07, 6.45) is 12.3. The van der Waals surface area contributed by atoms with Crippen molar-refractivity contribution in [1.82, 2.24) is 4.90 Å².